The molecule has 1 aliphatic heterocycles. The maximum Gasteiger partial charge on any atom is 0.221 e. The molecule has 0 aromatic heterocycles. The summed E-state index contributed by atoms with van der Waals surface area (Å²) in [5.41, 5.74) is 2.79. The third kappa shape index (κ3) is 2.65. The molecule has 0 bridgehead atoms. The Morgan fingerprint density at radius 3 is 1.96 bits per heavy atom. The Hall–Kier alpha value is -3.07. The van der Waals surface area contributed by atoms with Gasteiger partial charge in [-0.05, 0) is 23.3 Å². The van der Waals surface area contributed by atoms with E-state index in [1.807, 2.05) is 60.7 Å². The van der Waals surface area contributed by atoms with Crippen molar-refractivity contribution in [1.29, 1.82) is 0 Å². The third-order valence-electron chi connectivity index (χ3n) is 4.19. The molecule has 0 saturated heterocycles. The van der Waals surface area contributed by atoms with Gasteiger partial charge in [0.25, 0.3) is 0 Å². The van der Waals surface area contributed by atoms with E-state index in [1.165, 1.54) is 0 Å². The summed E-state index contributed by atoms with van der Waals surface area (Å²) in [4.78, 5) is 4.78. The SMILES string of the molecule is Oc1ccccc1C1=N[C@@H](c2ccccc2)[C@H](c2ccccc2)O1. The van der Waals surface area contributed by atoms with Crippen molar-refractivity contribution in [1.82, 2.24) is 0 Å². The smallest absolute Gasteiger partial charge is 0.221 e. The number of rotatable bonds is 3. The molecule has 1 aliphatic rings. The highest BCUT2D eigenvalue weighted by molar-refractivity contribution is 5.98. The van der Waals surface area contributed by atoms with Crippen LogP contribution in [0.4, 0.5) is 0 Å². The van der Waals surface area contributed by atoms with Gasteiger partial charge in [-0.1, -0.05) is 72.8 Å². The summed E-state index contributed by atoms with van der Waals surface area (Å²) in [6, 6.07) is 27.2. The van der Waals surface area contributed by atoms with Gasteiger partial charge >= 0.3 is 0 Å². The summed E-state index contributed by atoms with van der Waals surface area (Å²) in [6.45, 7) is 0. The molecule has 3 nitrogen and oxygen atoms in total. The van der Waals surface area contributed by atoms with Crippen LogP contribution in [0.3, 0.4) is 0 Å². The number of para-hydroxylation sites is 1. The van der Waals surface area contributed by atoms with Gasteiger partial charge in [-0.2, -0.15) is 0 Å². The molecule has 0 amide bonds. The molecule has 118 valence electrons. The van der Waals surface area contributed by atoms with E-state index in [2.05, 4.69) is 12.1 Å². The maximum atomic E-state index is 10.1. The fourth-order valence-electron chi connectivity index (χ4n) is 2.99. The van der Waals surface area contributed by atoms with Gasteiger partial charge in [0.05, 0.1) is 5.56 Å². The van der Waals surface area contributed by atoms with Gasteiger partial charge in [0.15, 0.2) is 6.10 Å². The minimum atomic E-state index is -0.205. The predicted octanol–water partition coefficient (Wildman–Crippen LogP) is 4.65. The topological polar surface area (TPSA) is 41.8 Å². The predicted molar refractivity (Wildman–Crippen MR) is 94.1 cm³/mol. The zero-order valence-electron chi connectivity index (χ0n) is 13.0. The Morgan fingerprint density at radius 1 is 0.708 bits per heavy atom. The molecule has 0 saturated carbocycles. The van der Waals surface area contributed by atoms with Gasteiger partial charge in [-0.15, -0.1) is 0 Å². The Labute approximate surface area is 140 Å². The van der Waals surface area contributed by atoms with Gasteiger partial charge in [-0.3, -0.25) is 0 Å². The lowest BCUT2D eigenvalue weighted by atomic mass is 9.97. The molecule has 0 unspecified atom stereocenters. The van der Waals surface area contributed by atoms with Crippen molar-refractivity contribution in [3.8, 4) is 5.75 Å². The average molecular weight is 315 g/mol. The van der Waals surface area contributed by atoms with Crippen LogP contribution in [0.2, 0.25) is 0 Å². The van der Waals surface area contributed by atoms with E-state index in [-0.39, 0.29) is 17.9 Å². The summed E-state index contributed by atoms with van der Waals surface area (Å²) in [5.74, 6) is 0.660. The van der Waals surface area contributed by atoms with Crippen molar-refractivity contribution >= 4 is 5.90 Å². The third-order valence-corrected chi connectivity index (χ3v) is 4.19. The monoisotopic (exact) mass is 315 g/mol. The van der Waals surface area contributed by atoms with E-state index in [9.17, 15) is 5.11 Å². The van der Waals surface area contributed by atoms with E-state index in [1.54, 1.807) is 12.1 Å². The number of phenolic OH excluding ortho intramolecular Hbond substituents is 1. The fourth-order valence-corrected chi connectivity index (χ4v) is 2.99. The van der Waals surface area contributed by atoms with Crippen LogP contribution in [0.25, 0.3) is 0 Å². The van der Waals surface area contributed by atoms with E-state index in [0.29, 0.717) is 11.5 Å². The lowest BCUT2D eigenvalue weighted by Crippen LogP contribution is -2.09. The number of phenols is 1. The number of hydrogen-bond acceptors (Lipinski definition) is 3. The minimum Gasteiger partial charge on any atom is -0.507 e. The second kappa shape index (κ2) is 6.20. The molecule has 24 heavy (non-hydrogen) atoms. The zero-order chi connectivity index (χ0) is 16.4. The molecule has 0 fully saturated rings. The number of nitrogens with zero attached hydrogens (tertiary/aromatic N) is 1. The molecule has 3 aromatic rings. The molecule has 0 spiro atoms. The minimum absolute atomic E-state index is 0.136. The van der Waals surface area contributed by atoms with Crippen LogP contribution in [0.1, 0.15) is 28.8 Å². The lowest BCUT2D eigenvalue weighted by molar-refractivity contribution is 0.196. The first-order chi connectivity index (χ1) is 11.8. The number of aromatic hydroxyl groups is 1. The van der Waals surface area contributed by atoms with Crippen molar-refractivity contribution in [3.05, 3.63) is 102 Å². The Morgan fingerprint density at radius 2 is 1.29 bits per heavy atom. The van der Waals surface area contributed by atoms with Crippen molar-refractivity contribution in [3.63, 3.8) is 0 Å². The Bertz CT molecular complexity index is 859. The van der Waals surface area contributed by atoms with Gasteiger partial charge in [0.2, 0.25) is 5.90 Å². The highest BCUT2D eigenvalue weighted by Gasteiger charge is 2.34. The highest BCUT2D eigenvalue weighted by Crippen LogP contribution is 2.41. The average Bonchev–Trinajstić information content (AvgIpc) is 3.09. The van der Waals surface area contributed by atoms with Crippen molar-refractivity contribution in [2.24, 2.45) is 4.99 Å². The quantitative estimate of drug-likeness (QED) is 0.764. The second-order valence-electron chi connectivity index (χ2n) is 5.76. The Kier molecular flexibility index (Phi) is 3.75. The number of aliphatic imine (C=N–C) groups is 1. The van der Waals surface area contributed by atoms with Gasteiger partial charge in [0.1, 0.15) is 11.8 Å². The summed E-state index contributed by atoms with van der Waals surface area (Å²) >= 11 is 0. The van der Waals surface area contributed by atoms with Crippen LogP contribution in [0.15, 0.2) is 89.9 Å². The molecule has 3 aromatic carbocycles. The molecule has 3 heteroatoms. The van der Waals surface area contributed by atoms with Crippen molar-refractivity contribution in [2.75, 3.05) is 0 Å². The summed E-state index contributed by atoms with van der Waals surface area (Å²) in [5, 5.41) is 10.1. The van der Waals surface area contributed by atoms with Gasteiger partial charge in [-0.25, -0.2) is 4.99 Å². The fraction of sp³-hybridized carbons (Fsp3) is 0.0952. The van der Waals surface area contributed by atoms with Crippen LogP contribution in [-0.2, 0) is 4.74 Å². The van der Waals surface area contributed by atoms with Crippen molar-refractivity contribution in [2.45, 2.75) is 12.1 Å². The van der Waals surface area contributed by atoms with Crippen LogP contribution in [-0.4, -0.2) is 11.0 Å². The summed E-state index contributed by atoms with van der Waals surface area (Å²) < 4.78 is 6.17. The molecular formula is C21H17NO2. The first-order valence-electron chi connectivity index (χ1n) is 7.95. The van der Waals surface area contributed by atoms with Gasteiger partial charge < -0.3 is 9.84 Å². The lowest BCUT2D eigenvalue weighted by Gasteiger charge is -2.18. The van der Waals surface area contributed by atoms with E-state index in [4.69, 9.17) is 9.73 Å². The highest BCUT2D eigenvalue weighted by atomic mass is 16.5. The molecule has 4 rings (SSSR count). The van der Waals surface area contributed by atoms with E-state index < -0.39 is 0 Å². The molecule has 1 heterocycles. The molecule has 2 atom stereocenters. The first kappa shape index (κ1) is 14.5. The second-order valence-corrected chi connectivity index (χ2v) is 5.76. The number of ether oxygens (including phenoxy) is 1. The van der Waals surface area contributed by atoms with Crippen molar-refractivity contribution < 1.29 is 9.84 Å². The number of benzene rings is 3. The van der Waals surface area contributed by atoms with Crippen LogP contribution in [0, 0.1) is 0 Å². The van der Waals surface area contributed by atoms with E-state index >= 15 is 0 Å². The standard InChI is InChI=1S/C21H17NO2/c23-18-14-8-7-13-17(18)21-22-19(15-9-3-1-4-10-15)20(24-21)16-11-5-2-6-12-16/h1-14,19-20,23H/t19-,20-/m0/s1. The molecule has 0 radical (unpaired) electrons. The van der Waals surface area contributed by atoms with Crippen LogP contribution in [0.5, 0.6) is 5.75 Å². The van der Waals surface area contributed by atoms with Gasteiger partial charge in [0, 0.05) is 0 Å². The summed E-state index contributed by atoms with van der Waals surface area (Å²) in [6.07, 6.45) is -0.205. The zero-order valence-corrected chi connectivity index (χ0v) is 13.0. The normalized spacial score (nSPS) is 19.6. The largest absolute Gasteiger partial charge is 0.507 e. The Balaban J connectivity index is 1.77. The molecular weight excluding hydrogens is 298 g/mol. The summed E-state index contributed by atoms with van der Waals surface area (Å²) in [7, 11) is 0. The maximum absolute atomic E-state index is 10.1. The number of hydrogen-bond donors (Lipinski definition) is 1. The molecule has 0 aliphatic carbocycles. The van der Waals surface area contributed by atoms with E-state index in [0.717, 1.165) is 11.1 Å². The van der Waals surface area contributed by atoms with Crippen LogP contribution >= 0.6 is 0 Å². The van der Waals surface area contributed by atoms with Crippen LogP contribution < -0.4 is 0 Å². The first-order valence-corrected chi connectivity index (χ1v) is 7.95. The molecule has 1 N–H and O–H groups in total.